The molecule has 0 aliphatic heterocycles. The van der Waals surface area contributed by atoms with E-state index in [0.717, 1.165) is 5.56 Å². The number of hydrogen-bond acceptors (Lipinski definition) is 3. The van der Waals surface area contributed by atoms with E-state index in [0.29, 0.717) is 18.7 Å². The molecule has 96 valence electrons. The first-order chi connectivity index (χ1) is 8.47. The fourth-order valence-corrected chi connectivity index (χ4v) is 1.89. The Kier molecular flexibility index (Phi) is 4.73. The molecule has 0 amide bonds. The van der Waals surface area contributed by atoms with Gasteiger partial charge in [0.1, 0.15) is 0 Å². The maximum absolute atomic E-state index is 11.2. The standard InChI is InChI=1S/C14H18N2O2/c1-10(2)16(8-4-7-15)13-9-11(3)5-6-12(13)14(17)18/h5-6,9-10H,4,8H2,1-3H3,(H,17,18). The molecule has 0 atom stereocenters. The lowest BCUT2D eigenvalue weighted by Gasteiger charge is -2.29. The largest absolute Gasteiger partial charge is 0.478 e. The van der Waals surface area contributed by atoms with Gasteiger partial charge in [-0.2, -0.15) is 5.26 Å². The molecule has 0 saturated carbocycles. The topological polar surface area (TPSA) is 64.3 Å². The van der Waals surface area contributed by atoms with Crippen LogP contribution in [0.1, 0.15) is 36.2 Å². The maximum Gasteiger partial charge on any atom is 0.337 e. The molecule has 1 aromatic carbocycles. The molecule has 18 heavy (non-hydrogen) atoms. The van der Waals surface area contributed by atoms with Gasteiger partial charge in [0.2, 0.25) is 0 Å². The quantitative estimate of drug-likeness (QED) is 0.867. The van der Waals surface area contributed by atoms with E-state index >= 15 is 0 Å². The Balaban J connectivity index is 3.21. The minimum atomic E-state index is -0.937. The first kappa shape index (κ1) is 14.0. The van der Waals surface area contributed by atoms with Crippen molar-refractivity contribution in [2.45, 2.75) is 33.2 Å². The Morgan fingerprint density at radius 1 is 1.50 bits per heavy atom. The average molecular weight is 246 g/mol. The lowest BCUT2D eigenvalue weighted by atomic mass is 10.1. The summed E-state index contributed by atoms with van der Waals surface area (Å²) in [4.78, 5) is 13.2. The van der Waals surface area contributed by atoms with E-state index in [4.69, 9.17) is 5.26 Å². The number of nitriles is 1. The highest BCUT2D eigenvalue weighted by molar-refractivity contribution is 5.94. The molecule has 4 nitrogen and oxygen atoms in total. The molecule has 4 heteroatoms. The first-order valence-corrected chi connectivity index (χ1v) is 5.95. The van der Waals surface area contributed by atoms with Crippen LogP contribution in [0.25, 0.3) is 0 Å². The van der Waals surface area contributed by atoms with Crippen LogP contribution in [0.2, 0.25) is 0 Å². The molecule has 0 aromatic heterocycles. The molecule has 0 unspecified atom stereocenters. The van der Waals surface area contributed by atoms with E-state index in [-0.39, 0.29) is 11.6 Å². The molecular formula is C14H18N2O2. The number of aromatic carboxylic acids is 1. The minimum absolute atomic E-state index is 0.151. The number of hydrogen-bond donors (Lipinski definition) is 1. The highest BCUT2D eigenvalue weighted by atomic mass is 16.4. The number of rotatable bonds is 5. The minimum Gasteiger partial charge on any atom is -0.478 e. The summed E-state index contributed by atoms with van der Waals surface area (Å²) < 4.78 is 0. The van der Waals surface area contributed by atoms with Gasteiger partial charge in [0, 0.05) is 12.6 Å². The van der Waals surface area contributed by atoms with E-state index in [1.165, 1.54) is 0 Å². The second-order valence-electron chi connectivity index (χ2n) is 4.52. The van der Waals surface area contributed by atoms with Crippen molar-refractivity contribution in [3.8, 4) is 6.07 Å². The van der Waals surface area contributed by atoms with Gasteiger partial charge in [-0.15, -0.1) is 0 Å². The van der Waals surface area contributed by atoms with Gasteiger partial charge in [0.05, 0.1) is 23.7 Å². The summed E-state index contributed by atoms with van der Waals surface area (Å²) in [7, 11) is 0. The van der Waals surface area contributed by atoms with Crippen LogP contribution in [0.4, 0.5) is 5.69 Å². The molecule has 0 aliphatic rings. The van der Waals surface area contributed by atoms with Crippen LogP contribution in [0.3, 0.4) is 0 Å². The van der Waals surface area contributed by atoms with Crippen molar-refractivity contribution >= 4 is 11.7 Å². The molecule has 0 saturated heterocycles. The number of anilines is 1. The van der Waals surface area contributed by atoms with Crippen LogP contribution in [-0.2, 0) is 0 Å². The summed E-state index contributed by atoms with van der Waals surface area (Å²) in [5.41, 5.74) is 1.98. The summed E-state index contributed by atoms with van der Waals surface area (Å²) in [6.07, 6.45) is 0.380. The Bertz CT molecular complexity index is 475. The van der Waals surface area contributed by atoms with Crippen molar-refractivity contribution in [2.24, 2.45) is 0 Å². The predicted octanol–water partition coefficient (Wildman–Crippen LogP) is 2.82. The zero-order valence-corrected chi connectivity index (χ0v) is 11.0. The second kappa shape index (κ2) is 6.06. The van der Waals surface area contributed by atoms with Gasteiger partial charge < -0.3 is 10.0 Å². The Hall–Kier alpha value is -2.02. The van der Waals surface area contributed by atoms with Crippen molar-refractivity contribution in [2.75, 3.05) is 11.4 Å². The van der Waals surface area contributed by atoms with Crippen molar-refractivity contribution < 1.29 is 9.90 Å². The number of carboxylic acids is 1. The maximum atomic E-state index is 11.2. The van der Waals surface area contributed by atoms with E-state index in [9.17, 15) is 9.90 Å². The van der Waals surface area contributed by atoms with Crippen LogP contribution in [0.5, 0.6) is 0 Å². The van der Waals surface area contributed by atoms with Gasteiger partial charge in [-0.05, 0) is 38.5 Å². The van der Waals surface area contributed by atoms with Crippen LogP contribution in [-0.4, -0.2) is 23.7 Å². The van der Waals surface area contributed by atoms with E-state index in [1.54, 1.807) is 12.1 Å². The van der Waals surface area contributed by atoms with Gasteiger partial charge in [0.15, 0.2) is 0 Å². The number of carbonyl (C=O) groups is 1. The molecule has 0 spiro atoms. The zero-order valence-electron chi connectivity index (χ0n) is 11.0. The summed E-state index contributed by atoms with van der Waals surface area (Å²) in [5, 5.41) is 17.9. The van der Waals surface area contributed by atoms with Crippen LogP contribution < -0.4 is 4.90 Å². The van der Waals surface area contributed by atoms with E-state index in [1.807, 2.05) is 31.7 Å². The third kappa shape index (κ3) is 3.24. The smallest absolute Gasteiger partial charge is 0.337 e. The normalized spacial score (nSPS) is 10.2. The summed E-state index contributed by atoms with van der Waals surface area (Å²) in [6.45, 7) is 6.45. The molecule has 0 radical (unpaired) electrons. The second-order valence-corrected chi connectivity index (χ2v) is 4.52. The molecule has 0 fully saturated rings. The van der Waals surface area contributed by atoms with Gasteiger partial charge in [0.25, 0.3) is 0 Å². The van der Waals surface area contributed by atoms with E-state index < -0.39 is 5.97 Å². The van der Waals surface area contributed by atoms with Gasteiger partial charge in [-0.3, -0.25) is 0 Å². The molecule has 1 N–H and O–H groups in total. The molecule has 1 aromatic rings. The third-order valence-electron chi connectivity index (χ3n) is 2.78. The summed E-state index contributed by atoms with van der Waals surface area (Å²) >= 11 is 0. The molecular weight excluding hydrogens is 228 g/mol. The number of benzene rings is 1. The van der Waals surface area contributed by atoms with Gasteiger partial charge in [-0.25, -0.2) is 4.79 Å². The third-order valence-corrected chi connectivity index (χ3v) is 2.78. The number of aryl methyl sites for hydroxylation is 1. The highest BCUT2D eigenvalue weighted by Crippen LogP contribution is 2.24. The molecule has 0 aliphatic carbocycles. The molecule has 1 rings (SSSR count). The Labute approximate surface area is 107 Å². The fraction of sp³-hybridized carbons (Fsp3) is 0.429. The van der Waals surface area contributed by atoms with Gasteiger partial charge in [-0.1, -0.05) is 6.07 Å². The number of nitrogens with zero attached hydrogens (tertiary/aromatic N) is 2. The fourth-order valence-electron chi connectivity index (χ4n) is 1.89. The van der Waals surface area contributed by atoms with Crippen LogP contribution in [0, 0.1) is 18.3 Å². The van der Waals surface area contributed by atoms with E-state index in [2.05, 4.69) is 6.07 Å². The molecule has 0 bridgehead atoms. The Morgan fingerprint density at radius 3 is 2.67 bits per heavy atom. The predicted molar refractivity (Wildman–Crippen MR) is 70.9 cm³/mol. The monoisotopic (exact) mass is 246 g/mol. The summed E-state index contributed by atoms with van der Waals surface area (Å²) in [5.74, 6) is -0.937. The lowest BCUT2D eigenvalue weighted by molar-refractivity contribution is 0.0697. The SMILES string of the molecule is Cc1ccc(C(=O)O)c(N(CCC#N)C(C)C)c1. The van der Waals surface area contributed by atoms with Crippen molar-refractivity contribution in [1.29, 1.82) is 5.26 Å². The number of carboxylic acid groups (broad SMARTS) is 1. The van der Waals surface area contributed by atoms with Crippen molar-refractivity contribution in [3.63, 3.8) is 0 Å². The van der Waals surface area contributed by atoms with Crippen LogP contribution in [0.15, 0.2) is 18.2 Å². The molecule has 0 heterocycles. The van der Waals surface area contributed by atoms with Crippen molar-refractivity contribution in [3.05, 3.63) is 29.3 Å². The lowest BCUT2D eigenvalue weighted by Crippen LogP contribution is -2.33. The van der Waals surface area contributed by atoms with Crippen LogP contribution >= 0.6 is 0 Å². The van der Waals surface area contributed by atoms with Gasteiger partial charge >= 0.3 is 5.97 Å². The zero-order chi connectivity index (χ0) is 13.7. The Morgan fingerprint density at radius 2 is 2.17 bits per heavy atom. The summed E-state index contributed by atoms with van der Waals surface area (Å²) in [6, 6.07) is 7.52. The van der Waals surface area contributed by atoms with Crippen molar-refractivity contribution in [1.82, 2.24) is 0 Å². The average Bonchev–Trinajstić information content (AvgIpc) is 2.28. The first-order valence-electron chi connectivity index (χ1n) is 5.95. The highest BCUT2D eigenvalue weighted by Gasteiger charge is 2.18.